The zero-order valence-corrected chi connectivity index (χ0v) is 13.0. The summed E-state index contributed by atoms with van der Waals surface area (Å²) in [5.74, 6) is 0.618. The molecule has 0 aromatic heterocycles. The molecule has 18 heavy (non-hydrogen) atoms. The molecular weight excluding hydrogens is 218 g/mol. The summed E-state index contributed by atoms with van der Waals surface area (Å²) >= 11 is 0. The Balaban J connectivity index is 4.32. The minimum atomic E-state index is 0.289. The summed E-state index contributed by atoms with van der Waals surface area (Å²) in [6.07, 6.45) is 9.63. The second-order valence-electron chi connectivity index (χ2n) is 5.10. The van der Waals surface area contributed by atoms with Crippen LogP contribution < -0.4 is 0 Å². The van der Waals surface area contributed by atoms with Crippen LogP contribution in [-0.4, -0.2) is 11.8 Å². The SMILES string of the molecule is CC/C(C)=C/C(C)/N=C(/C)CC=C=CC(C)CC. The molecule has 0 aliphatic heterocycles. The van der Waals surface area contributed by atoms with E-state index in [0.29, 0.717) is 5.92 Å². The Morgan fingerprint density at radius 3 is 2.44 bits per heavy atom. The number of allylic oxidation sites excluding steroid dienone is 2. The Morgan fingerprint density at radius 2 is 1.89 bits per heavy atom. The highest BCUT2D eigenvalue weighted by Crippen LogP contribution is 2.04. The molecule has 0 saturated carbocycles. The van der Waals surface area contributed by atoms with Gasteiger partial charge in [-0.25, -0.2) is 0 Å². The molecule has 0 saturated heterocycles. The molecule has 0 radical (unpaired) electrons. The molecule has 0 spiro atoms. The van der Waals surface area contributed by atoms with Crippen molar-refractivity contribution in [1.29, 1.82) is 0 Å². The first-order valence-electron chi connectivity index (χ1n) is 7.11. The van der Waals surface area contributed by atoms with Crippen molar-refractivity contribution in [3.63, 3.8) is 0 Å². The molecular formula is C17H29N. The zero-order valence-electron chi connectivity index (χ0n) is 13.0. The van der Waals surface area contributed by atoms with Gasteiger partial charge >= 0.3 is 0 Å². The molecule has 2 unspecified atom stereocenters. The van der Waals surface area contributed by atoms with E-state index in [1.807, 2.05) is 0 Å². The zero-order chi connectivity index (χ0) is 14.0. The van der Waals surface area contributed by atoms with E-state index in [1.165, 1.54) is 17.7 Å². The van der Waals surface area contributed by atoms with Gasteiger partial charge in [0.05, 0.1) is 6.04 Å². The molecule has 0 N–H and O–H groups in total. The second kappa shape index (κ2) is 9.91. The molecule has 1 nitrogen and oxygen atoms in total. The van der Waals surface area contributed by atoms with Gasteiger partial charge in [-0.2, -0.15) is 0 Å². The van der Waals surface area contributed by atoms with Crippen molar-refractivity contribution >= 4 is 5.71 Å². The summed E-state index contributed by atoms with van der Waals surface area (Å²) in [5, 5.41) is 0. The van der Waals surface area contributed by atoms with Crippen LogP contribution in [-0.2, 0) is 0 Å². The third-order valence-corrected chi connectivity index (χ3v) is 3.05. The van der Waals surface area contributed by atoms with Crippen LogP contribution in [0.4, 0.5) is 0 Å². The molecule has 0 heterocycles. The third-order valence-electron chi connectivity index (χ3n) is 3.05. The minimum absolute atomic E-state index is 0.289. The molecule has 0 bridgehead atoms. The van der Waals surface area contributed by atoms with Crippen LogP contribution in [0.15, 0.2) is 34.5 Å². The number of nitrogens with zero attached hydrogens (tertiary/aromatic N) is 1. The Labute approximate surface area is 113 Å². The predicted octanol–water partition coefficient (Wildman–Crippen LogP) is 5.34. The lowest BCUT2D eigenvalue weighted by molar-refractivity contribution is 0.699. The first kappa shape index (κ1) is 16.9. The lowest BCUT2D eigenvalue weighted by Crippen LogP contribution is -1.99. The summed E-state index contributed by atoms with van der Waals surface area (Å²) in [6, 6.07) is 0.289. The van der Waals surface area contributed by atoms with Crippen molar-refractivity contribution in [2.75, 3.05) is 0 Å². The third kappa shape index (κ3) is 9.01. The summed E-state index contributed by atoms with van der Waals surface area (Å²) < 4.78 is 0. The minimum Gasteiger partial charge on any atom is -0.287 e. The van der Waals surface area contributed by atoms with Crippen LogP contribution >= 0.6 is 0 Å². The Kier molecular flexibility index (Phi) is 9.32. The van der Waals surface area contributed by atoms with E-state index in [2.05, 4.69) is 70.5 Å². The normalized spacial score (nSPS) is 15.9. The number of rotatable bonds is 7. The highest BCUT2D eigenvalue weighted by atomic mass is 14.8. The molecule has 0 aliphatic rings. The van der Waals surface area contributed by atoms with E-state index in [9.17, 15) is 0 Å². The van der Waals surface area contributed by atoms with Crippen LogP contribution in [0.1, 0.15) is 60.8 Å². The predicted molar refractivity (Wildman–Crippen MR) is 83.3 cm³/mol. The Hall–Kier alpha value is -1.07. The van der Waals surface area contributed by atoms with Gasteiger partial charge in [0.25, 0.3) is 0 Å². The van der Waals surface area contributed by atoms with Crippen molar-refractivity contribution in [2.24, 2.45) is 10.9 Å². The quantitative estimate of drug-likeness (QED) is 0.327. The fourth-order valence-corrected chi connectivity index (χ4v) is 1.52. The largest absolute Gasteiger partial charge is 0.287 e. The monoisotopic (exact) mass is 247 g/mol. The molecule has 1 heteroatoms. The summed E-state index contributed by atoms with van der Waals surface area (Å²) in [7, 11) is 0. The van der Waals surface area contributed by atoms with Crippen molar-refractivity contribution in [3.8, 4) is 0 Å². The fraction of sp³-hybridized carbons (Fsp3) is 0.647. The topological polar surface area (TPSA) is 12.4 Å². The number of hydrogen-bond donors (Lipinski definition) is 0. The van der Waals surface area contributed by atoms with Gasteiger partial charge in [-0.15, -0.1) is 5.73 Å². The molecule has 102 valence electrons. The van der Waals surface area contributed by atoms with Gasteiger partial charge in [0.1, 0.15) is 0 Å². The number of aliphatic imine (C=N–C) groups is 1. The van der Waals surface area contributed by atoms with Crippen LogP contribution in [0.5, 0.6) is 0 Å². The maximum Gasteiger partial charge on any atom is 0.0653 e. The maximum absolute atomic E-state index is 4.66. The van der Waals surface area contributed by atoms with E-state index in [-0.39, 0.29) is 6.04 Å². The van der Waals surface area contributed by atoms with Crippen LogP contribution in [0, 0.1) is 5.92 Å². The first-order chi connectivity index (χ1) is 8.49. The van der Waals surface area contributed by atoms with E-state index in [4.69, 9.17) is 0 Å². The maximum atomic E-state index is 4.66. The molecule has 0 fully saturated rings. The average molecular weight is 247 g/mol. The fourth-order valence-electron chi connectivity index (χ4n) is 1.52. The van der Waals surface area contributed by atoms with Gasteiger partial charge in [0.2, 0.25) is 0 Å². The highest BCUT2D eigenvalue weighted by molar-refractivity contribution is 5.83. The molecule has 0 aliphatic carbocycles. The molecule has 2 atom stereocenters. The van der Waals surface area contributed by atoms with Gasteiger partial charge < -0.3 is 0 Å². The summed E-state index contributed by atoms with van der Waals surface area (Å²) in [5.41, 5.74) is 5.83. The van der Waals surface area contributed by atoms with Gasteiger partial charge in [-0.05, 0) is 51.7 Å². The first-order valence-corrected chi connectivity index (χ1v) is 7.11. The van der Waals surface area contributed by atoms with E-state index >= 15 is 0 Å². The molecule has 0 aromatic carbocycles. The lowest BCUT2D eigenvalue weighted by Gasteiger charge is -2.04. The van der Waals surface area contributed by atoms with Crippen molar-refractivity contribution in [1.82, 2.24) is 0 Å². The second-order valence-corrected chi connectivity index (χ2v) is 5.10. The molecule has 0 amide bonds. The molecule has 0 aromatic rings. The van der Waals surface area contributed by atoms with E-state index in [0.717, 1.165) is 12.8 Å². The lowest BCUT2D eigenvalue weighted by atomic mass is 10.1. The standard InChI is InChI=1S/C17H29N/c1-7-14(3)11-9-10-12-16(5)18-17(6)13-15(4)8-2/h10-11,13-14,17H,7-8,12H2,1-6H3/b15-13+,18-16-. The van der Waals surface area contributed by atoms with Crippen LogP contribution in [0.2, 0.25) is 0 Å². The van der Waals surface area contributed by atoms with E-state index < -0.39 is 0 Å². The summed E-state index contributed by atoms with van der Waals surface area (Å²) in [6.45, 7) is 13.0. The van der Waals surface area contributed by atoms with Gasteiger partial charge in [-0.3, -0.25) is 4.99 Å². The number of hydrogen-bond acceptors (Lipinski definition) is 1. The van der Waals surface area contributed by atoms with Crippen molar-refractivity contribution in [2.45, 2.75) is 66.8 Å². The van der Waals surface area contributed by atoms with Crippen molar-refractivity contribution in [3.05, 3.63) is 29.5 Å². The van der Waals surface area contributed by atoms with Gasteiger partial charge in [0.15, 0.2) is 0 Å². The Bertz CT molecular complexity index is 341. The summed E-state index contributed by atoms with van der Waals surface area (Å²) in [4.78, 5) is 4.66. The van der Waals surface area contributed by atoms with E-state index in [1.54, 1.807) is 0 Å². The van der Waals surface area contributed by atoms with Crippen LogP contribution in [0.25, 0.3) is 0 Å². The average Bonchev–Trinajstić information content (AvgIpc) is 2.33. The highest BCUT2D eigenvalue weighted by Gasteiger charge is 1.96. The van der Waals surface area contributed by atoms with Crippen molar-refractivity contribution < 1.29 is 0 Å². The molecule has 0 rings (SSSR count). The van der Waals surface area contributed by atoms with Gasteiger partial charge in [0, 0.05) is 12.1 Å². The smallest absolute Gasteiger partial charge is 0.0653 e. The Morgan fingerprint density at radius 1 is 1.22 bits per heavy atom. The van der Waals surface area contributed by atoms with Gasteiger partial charge in [-0.1, -0.05) is 32.4 Å². The van der Waals surface area contributed by atoms with Crippen LogP contribution in [0.3, 0.4) is 0 Å².